The minimum atomic E-state index is 0.679. The molecule has 1 fully saturated rings. The molecule has 1 aromatic heterocycles. The number of nitrogens with one attached hydrogen (secondary N) is 1. The molecule has 2 nitrogen and oxygen atoms in total. The number of hydrogen-bond acceptors (Lipinski definition) is 1. The lowest BCUT2D eigenvalue weighted by atomic mass is 9.76. The summed E-state index contributed by atoms with van der Waals surface area (Å²) in [6, 6.07) is 9.37. The van der Waals surface area contributed by atoms with Crippen molar-refractivity contribution in [3.8, 4) is 0 Å². The Labute approximate surface area is 146 Å². The smallest absolute Gasteiger partial charge is 0.0815 e. The van der Waals surface area contributed by atoms with Crippen LogP contribution in [0.2, 0.25) is 0 Å². The van der Waals surface area contributed by atoms with Gasteiger partial charge in [0.15, 0.2) is 0 Å². The van der Waals surface area contributed by atoms with E-state index in [9.17, 15) is 0 Å². The number of piperidine rings is 1. The van der Waals surface area contributed by atoms with Gasteiger partial charge in [-0.25, -0.2) is 0 Å². The van der Waals surface area contributed by atoms with E-state index in [-0.39, 0.29) is 0 Å². The molecule has 5 rings (SSSR count). The summed E-state index contributed by atoms with van der Waals surface area (Å²) < 4.78 is 1.31. The van der Waals surface area contributed by atoms with Crippen LogP contribution >= 0.6 is 22.6 Å². The molecule has 3 aliphatic rings. The van der Waals surface area contributed by atoms with E-state index in [1.165, 1.54) is 46.1 Å². The normalized spacial score (nSPS) is 27.8. The van der Waals surface area contributed by atoms with Gasteiger partial charge in [-0.2, -0.15) is 0 Å². The zero-order valence-electron chi connectivity index (χ0n) is 13.1. The first kappa shape index (κ1) is 14.8. The first-order valence-corrected chi connectivity index (χ1v) is 9.51. The zero-order chi connectivity index (χ0) is 15.1. The second kappa shape index (κ2) is 6.00. The first-order chi connectivity index (χ1) is 10.8. The fourth-order valence-electron chi connectivity index (χ4n) is 4.33. The van der Waals surface area contributed by atoms with Gasteiger partial charge in [-0.1, -0.05) is 43.7 Å². The number of aromatic nitrogens is 1. The summed E-state index contributed by atoms with van der Waals surface area (Å²) in [4.78, 5) is 6.25. The van der Waals surface area contributed by atoms with Crippen molar-refractivity contribution in [1.82, 2.24) is 9.88 Å². The van der Waals surface area contributed by atoms with Gasteiger partial charge in [0.25, 0.3) is 0 Å². The number of para-hydroxylation sites is 1. The zero-order valence-corrected chi connectivity index (χ0v) is 15.2. The maximum absolute atomic E-state index is 3.52. The van der Waals surface area contributed by atoms with E-state index in [1.807, 2.05) is 0 Å². The highest BCUT2D eigenvalue weighted by Crippen LogP contribution is 2.36. The van der Waals surface area contributed by atoms with Crippen molar-refractivity contribution in [1.29, 1.82) is 0 Å². The van der Waals surface area contributed by atoms with Crippen molar-refractivity contribution in [3.63, 3.8) is 0 Å². The van der Waals surface area contributed by atoms with Crippen molar-refractivity contribution < 1.29 is 0 Å². The number of fused-ring (bicyclic) bond motifs is 3. The predicted molar refractivity (Wildman–Crippen MR) is 101 cm³/mol. The standard InChI is InChI=1S/C19H23IN2/c1-2-14-11-13-7-8-18(14)22(12-13)10-9-16-15-5-3-4-6-17(15)21-19(16)20/h3-8,13-14,18,21H,2,9-12H2,1H3/t13-,14+,18+/m0/s1. The van der Waals surface area contributed by atoms with Crippen LogP contribution in [0.4, 0.5) is 0 Å². The Morgan fingerprint density at radius 1 is 1.27 bits per heavy atom. The molecule has 3 heterocycles. The van der Waals surface area contributed by atoms with E-state index in [0.717, 1.165) is 18.3 Å². The number of halogens is 1. The lowest BCUT2D eigenvalue weighted by Crippen LogP contribution is -2.50. The molecule has 0 saturated carbocycles. The highest BCUT2D eigenvalue weighted by atomic mass is 127. The van der Waals surface area contributed by atoms with E-state index < -0.39 is 0 Å². The Balaban J connectivity index is 1.53. The summed E-state index contributed by atoms with van der Waals surface area (Å²) in [6.07, 6.45) is 8.80. The lowest BCUT2D eigenvalue weighted by molar-refractivity contribution is 0.0826. The van der Waals surface area contributed by atoms with Gasteiger partial charge in [-0.05, 0) is 58.9 Å². The number of benzene rings is 1. The second-order valence-corrected chi connectivity index (χ2v) is 7.83. The number of H-pyrrole nitrogens is 1. The van der Waals surface area contributed by atoms with Crippen LogP contribution in [0.1, 0.15) is 25.3 Å². The van der Waals surface area contributed by atoms with Crippen molar-refractivity contribution in [2.24, 2.45) is 11.8 Å². The van der Waals surface area contributed by atoms with Gasteiger partial charge in [-0.15, -0.1) is 0 Å². The summed E-state index contributed by atoms with van der Waals surface area (Å²) in [5.74, 6) is 1.66. The molecule has 0 spiro atoms. The quantitative estimate of drug-likeness (QED) is 0.581. The molecule has 2 bridgehead atoms. The number of hydrogen-bond donors (Lipinski definition) is 1. The molecule has 1 aliphatic carbocycles. The van der Waals surface area contributed by atoms with Gasteiger partial charge in [-0.3, -0.25) is 4.90 Å². The van der Waals surface area contributed by atoms with Crippen LogP contribution in [-0.4, -0.2) is 29.0 Å². The molecule has 1 aromatic carbocycles. The fraction of sp³-hybridized carbons (Fsp3) is 0.474. The molecule has 3 atom stereocenters. The number of aromatic amines is 1. The maximum Gasteiger partial charge on any atom is 0.0815 e. The molecule has 3 heteroatoms. The molecule has 0 amide bonds. The van der Waals surface area contributed by atoms with Crippen LogP contribution < -0.4 is 0 Å². The van der Waals surface area contributed by atoms with Crippen LogP contribution in [0.3, 0.4) is 0 Å². The van der Waals surface area contributed by atoms with Gasteiger partial charge in [0.2, 0.25) is 0 Å². The third-order valence-electron chi connectivity index (χ3n) is 5.49. The van der Waals surface area contributed by atoms with E-state index in [4.69, 9.17) is 0 Å². The summed E-state index contributed by atoms with van der Waals surface area (Å²) in [5.41, 5.74) is 2.77. The van der Waals surface area contributed by atoms with Crippen molar-refractivity contribution in [2.45, 2.75) is 32.2 Å². The van der Waals surface area contributed by atoms with Crippen molar-refractivity contribution >= 4 is 33.5 Å². The van der Waals surface area contributed by atoms with E-state index in [0.29, 0.717) is 6.04 Å². The molecular weight excluding hydrogens is 383 g/mol. The van der Waals surface area contributed by atoms with Crippen LogP contribution in [0, 0.1) is 15.5 Å². The van der Waals surface area contributed by atoms with E-state index in [2.05, 4.69) is 75.8 Å². The van der Waals surface area contributed by atoms with Gasteiger partial charge >= 0.3 is 0 Å². The molecular formula is C19H23IN2. The Morgan fingerprint density at radius 3 is 2.95 bits per heavy atom. The maximum atomic E-state index is 3.52. The minimum absolute atomic E-state index is 0.679. The first-order valence-electron chi connectivity index (χ1n) is 8.43. The van der Waals surface area contributed by atoms with Gasteiger partial charge in [0.1, 0.15) is 0 Å². The average molecular weight is 406 g/mol. The predicted octanol–water partition coefficient (Wildman–Crippen LogP) is 4.60. The van der Waals surface area contributed by atoms with E-state index >= 15 is 0 Å². The van der Waals surface area contributed by atoms with Gasteiger partial charge in [0.05, 0.1) is 3.70 Å². The lowest BCUT2D eigenvalue weighted by Gasteiger charge is -2.46. The van der Waals surface area contributed by atoms with Gasteiger partial charge in [0, 0.05) is 30.0 Å². The summed E-state index contributed by atoms with van der Waals surface area (Å²) in [5, 5.41) is 1.40. The summed E-state index contributed by atoms with van der Waals surface area (Å²) in [6.45, 7) is 4.79. The Kier molecular flexibility index (Phi) is 4.03. The SMILES string of the molecule is CC[C@@H]1C[C@@H]2C=C[C@H]1N(CCc1c(I)[nH]c3ccccc13)C2. The van der Waals surface area contributed by atoms with Crippen LogP contribution in [-0.2, 0) is 6.42 Å². The molecule has 116 valence electrons. The van der Waals surface area contributed by atoms with Crippen LogP contribution in [0.15, 0.2) is 36.4 Å². The average Bonchev–Trinajstić information content (AvgIpc) is 2.88. The third kappa shape index (κ3) is 2.52. The Hall–Kier alpha value is -0.810. The fourth-order valence-corrected chi connectivity index (χ4v) is 5.18. The second-order valence-electron chi connectivity index (χ2n) is 6.75. The minimum Gasteiger partial charge on any atom is -0.350 e. The number of nitrogens with zero attached hydrogens (tertiary/aromatic N) is 1. The van der Waals surface area contributed by atoms with Crippen molar-refractivity contribution in [3.05, 3.63) is 45.7 Å². The molecule has 0 unspecified atom stereocenters. The Bertz CT molecular complexity index is 703. The molecule has 22 heavy (non-hydrogen) atoms. The molecule has 2 aliphatic heterocycles. The van der Waals surface area contributed by atoms with Crippen LogP contribution in [0.5, 0.6) is 0 Å². The number of rotatable bonds is 4. The summed E-state index contributed by atoms with van der Waals surface area (Å²) in [7, 11) is 0. The Morgan fingerprint density at radius 2 is 2.14 bits per heavy atom. The highest BCUT2D eigenvalue weighted by Gasteiger charge is 2.36. The molecule has 1 saturated heterocycles. The molecule has 0 radical (unpaired) electrons. The van der Waals surface area contributed by atoms with Crippen LogP contribution in [0.25, 0.3) is 10.9 Å². The topological polar surface area (TPSA) is 19.0 Å². The van der Waals surface area contributed by atoms with Gasteiger partial charge < -0.3 is 4.98 Å². The van der Waals surface area contributed by atoms with E-state index in [1.54, 1.807) is 0 Å². The summed E-state index contributed by atoms with van der Waals surface area (Å²) >= 11 is 2.45. The largest absolute Gasteiger partial charge is 0.350 e. The monoisotopic (exact) mass is 406 g/mol. The molecule has 2 aromatic rings. The highest BCUT2D eigenvalue weighted by molar-refractivity contribution is 14.1. The third-order valence-corrected chi connectivity index (χ3v) is 6.42. The van der Waals surface area contributed by atoms with Crippen molar-refractivity contribution in [2.75, 3.05) is 13.1 Å². The molecule has 1 N–H and O–H groups in total.